The van der Waals surface area contributed by atoms with E-state index < -0.39 is 12.1 Å². The van der Waals surface area contributed by atoms with Crippen molar-refractivity contribution in [1.29, 1.82) is 0 Å². The number of aliphatic hydroxyl groups excluding tert-OH is 2. The molecule has 2 atom stereocenters. The lowest BCUT2D eigenvalue weighted by molar-refractivity contribution is 0.0906. The maximum absolute atomic E-state index is 13.2. The molecule has 0 aliphatic rings. The van der Waals surface area contributed by atoms with Crippen LogP contribution in [0, 0.1) is 0 Å². The molecule has 4 aromatic carbocycles. The van der Waals surface area contributed by atoms with Crippen molar-refractivity contribution in [1.82, 2.24) is 10.6 Å². The number of amides is 2. The molecule has 0 aliphatic heterocycles. The molecule has 2 amide bonds. The fraction of sp³-hybridized carbons (Fsp3) is 0.133. The Kier molecular flexibility index (Phi) is 10.0. The first kappa shape index (κ1) is 27.5. The molecule has 194 valence electrons. The van der Waals surface area contributed by atoms with Crippen LogP contribution in [0.3, 0.4) is 0 Å². The Bertz CT molecular complexity index is 1250. The van der Waals surface area contributed by atoms with Crippen LogP contribution < -0.4 is 10.6 Å². The third kappa shape index (κ3) is 7.05. The van der Waals surface area contributed by atoms with E-state index in [1.807, 2.05) is 84.9 Å². The lowest BCUT2D eigenvalue weighted by atomic mass is 10.1. The monoisotopic (exact) mass is 544 g/mol. The van der Waals surface area contributed by atoms with Gasteiger partial charge >= 0.3 is 0 Å². The molecule has 0 fully saturated rings. The second kappa shape index (κ2) is 13.8. The molecule has 0 aliphatic carbocycles. The van der Waals surface area contributed by atoms with Crippen LogP contribution >= 0.6 is 21.6 Å². The van der Waals surface area contributed by atoms with Crippen LogP contribution in [0.1, 0.15) is 43.9 Å². The number of aliphatic hydroxyl groups is 2. The van der Waals surface area contributed by atoms with Crippen LogP contribution in [0.15, 0.2) is 119 Å². The van der Waals surface area contributed by atoms with E-state index in [1.54, 1.807) is 24.3 Å². The minimum Gasteiger partial charge on any atom is -0.394 e. The van der Waals surface area contributed by atoms with Crippen molar-refractivity contribution < 1.29 is 19.8 Å². The van der Waals surface area contributed by atoms with E-state index in [0.29, 0.717) is 11.1 Å². The zero-order chi connectivity index (χ0) is 26.7. The second-order valence-corrected chi connectivity index (χ2v) is 10.6. The summed E-state index contributed by atoms with van der Waals surface area (Å²) in [6.07, 6.45) is 0. The lowest BCUT2D eigenvalue weighted by Gasteiger charge is -2.18. The van der Waals surface area contributed by atoms with Gasteiger partial charge in [0.15, 0.2) is 0 Å². The molecule has 0 radical (unpaired) electrons. The first-order chi connectivity index (χ1) is 18.6. The van der Waals surface area contributed by atoms with Gasteiger partial charge in [-0.15, -0.1) is 0 Å². The molecule has 4 rings (SSSR count). The number of hydrogen-bond acceptors (Lipinski definition) is 6. The fourth-order valence-electron chi connectivity index (χ4n) is 3.86. The van der Waals surface area contributed by atoms with Crippen molar-refractivity contribution in [2.45, 2.75) is 21.9 Å². The average molecular weight is 545 g/mol. The van der Waals surface area contributed by atoms with Crippen molar-refractivity contribution in [3.05, 3.63) is 131 Å². The summed E-state index contributed by atoms with van der Waals surface area (Å²) >= 11 is 0. The largest absolute Gasteiger partial charge is 0.394 e. The molecule has 0 spiro atoms. The van der Waals surface area contributed by atoms with Crippen LogP contribution in [0.2, 0.25) is 0 Å². The highest BCUT2D eigenvalue weighted by molar-refractivity contribution is 8.76. The first-order valence-electron chi connectivity index (χ1n) is 12.1. The number of carbonyl (C=O) groups excluding carboxylic acids is 2. The number of rotatable bonds is 11. The lowest BCUT2D eigenvalue weighted by Crippen LogP contribution is -2.31. The van der Waals surface area contributed by atoms with Crippen molar-refractivity contribution in [3.63, 3.8) is 0 Å². The quantitative estimate of drug-likeness (QED) is 0.189. The molecule has 0 saturated carbocycles. The van der Waals surface area contributed by atoms with Gasteiger partial charge in [0.1, 0.15) is 0 Å². The molecule has 0 saturated heterocycles. The molecule has 0 heterocycles. The van der Waals surface area contributed by atoms with Gasteiger partial charge in [0, 0.05) is 9.79 Å². The van der Waals surface area contributed by atoms with Gasteiger partial charge in [-0.3, -0.25) is 9.59 Å². The van der Waals surface area contributed by atoms with E-state index in [4.69, 9.17) is 0 Å². The van der Waals surface area contributed by atoms with Crippen molar-refractivity contribution >= 4 is 33.4 Å². The van der Waals surface area contributed by atoms with Gasteiger partial charge in [-0.1, -0.05) is 107 Å². The van der Waals surface area contributed by atoms with E-state index in [0.717, 1.165) is 20.9 Å². The van der Waals surface area contributed by atoms with Crippen LogP contribution in [0.25, 0.3) is 0 Å². The summed E-state index contributed by atoms with van der Waals surface area (Å²) in [5.41, 5.74) is 2.59. The topological polar surface area (TPSA) is 98.7 Å². The van der Waals surface area contributed by atoms with Gasteiger partial charge in [-0.25, -0.2) is 0 Å². The Labute approximate surface area is 229 Å². The number of carbonyl (C=O) groups is 2. The van der Waals surface area contributed by atoms with Crippen molar-refractivity contribution in [2.24, 2.45) is 0 Å². The van der Waals surface area contributed by atoms with Gasteiger partial charge < -0.3 is 20.8 Å². The number of benzene rings is 4. The zero-order valence-electron chi connectivity index (χ0n) is 20.5. The second-order valence-electron chi connectivity index (χ2n) is 8.40. The van der Waals surface area contributed by atoms with Gasteiger partial charge in [0.2, 0.25) is 0 Å². The highest BCUT2D eigenvalue weighted by atomic mass is 33.1. The van der Waals surface area contributed by atoms with Crippen LogP contribution in [0.5, 0.6) is 0 Å². The molecule has 8 heteroatoms. The van der Waals surface area contributed by atoms with Gasteiger partial charge in [-0.05, 0) is 35.4 Å². The van der Waals surface area contributed by atoms with Crippen molar-refractivity contribution in [2.75, 3.05) is 13.2 Å². The van der Waals surface area contributed by atoms with Crippen LogP contribution in [-0.4, -0.2) is 35.2 Å². The summed E-state index contributed by atoms with van der Waals surface area (Å²) in [6.45, 7) is -0.444. The van der Waals surface area contributed by atoms with Gasteiger partial charge in [0.05, 0.1) is 36.4 Å². The summed E-state index contributed by atoms with van der Waals surface area (Å²) in [5.74, 6) is -0.590. The molecule has 6 nitrogen and oxygen atoms in total. The number of nitrogens with one attached hydrogen (secondary N) is 2. The summed E-state index contributed by atoms with van der Waals surface area (Å²) in [7, 11) is 2.75. The number of hydrogen-bond donors (Lipinski definition) is 4. The smallest absolute Gasteiger partial charge is 0.253 e. The van der Waals surface area contributed by atoms with Gasteiger partial charge in [-0.2, -0.15) is 0 Å². The molecular weight excluding hydrogens is 516 g/mol. The normalized spacial score (nSPS) is 12.4. The van der Waals surface area contributed by atoms with E-state index in [-0.39, 0.29) is 25.0 Å². The Balaban J connectivity index is 1.47. The minimum absolute atomic E-state index is 0.222. The van der Waals surface area contributed by atoms with E-state index in [1.165, 1.54) is 21.6 Å². The first-order valence-corrected chi connectivity index (χ1v) is 14.2. The predicted molar refractivity (Wildman–Crippen MR) is 152 cm³/mol. The average Bonchev–Trinajstić information content (AvgIpc) is 2.98. The summed E-state index contributed by atoms with van der Waals surface area (Å²) in [6, 6.07) is 32.1. The third-order valence-corrected chi connectivity index (χ3v) is 8.35. The van der Waals surface area contributed by atoms with E-state index >= 15 is 0 Å². The highest BCUT2D eigenvalue weighted by Crippen LogP contribution is 2.40. The SMILES string of the molecule is O=C(NC(CO)c1ccccc1)c1ccccc1SSc1ccccc1C(=O)NC(CO)c1ccccc1. The molecular formula is C30H28N2O4S2. The molecule has 38 heavy (non-hydrogen) atoms. The maximum atomic E-state index is 13.2. The summed E-state index contributed by atoms with van der Waals surface area (Å²) < 4.78 is 0. The van der Waals surface area contributed by atoms with Crippen molar-refractivity contribution in [3.8, 4) is 0 Å². The minimum atomic E-state index is -0.525. The molecule has 2 unspecified atom stereocenters. The van der Waals surface area contributed by atoms with E-state index in [9.17, 15) is 19.8 Å². The third-order valence-electron chi connectivity index (χ3n) is 5.86. The fourth-order valence-corrected chi connectivity index (χ4v) is 6.21. The maximum Gasteiger partial charge on any atom is 0.253 e. The zero-order valence-corrected chi connectivity index (χ0v) is 22.1. The Morgan fingerprint density at radius 3 is 1.26 bits per heavy atom. The molecule has 4 N–H and O–H groups in total. The van der Waals surface area contributed by atoms with E-state index in [2.05, 4.69) is 10.6 Å². The highest BCUT2D eigenvalue weighted by Gasteiger charge is 2.20. The molecule has 0 bridgehead atoms. The molecule has 0 aromatic heterocycles. The standard InChI is InChI=1S/C30H28N2O4S2/c33-19-25(21-11-3-1-4-12-21)31-29(35)23-15-7-9-17-27(23)37-38-28-18-10-8-16-24(28)30(36)32-26(20-34)22-13-5-2-6-14-22/h1-18,25-26,33-34H,19-20H2,(H,31,35)(H,32,36). The Morgan fingerprint density at radius 1 is 0.553 bits per heavy atom. The van der Waals surface area contributed by atoms with Crippen LogP contribution in [0.4, 0.5) is 0 Å². The Hall–Kier alpha value is -3.56. The molecule has 4 aromatic rings. The van der Waals surface area contributed by atoms with Gasteiger partial charge in [0.25, 0.3) is 11.8 Å². The predicted octanol–water partition coefficient (Wildman–Crippen LogP) is 5.41. The Morgan fingerprint density at radius 2 is 0.895 bits per heavy atom. The van der Waals surface area contributed by atoms with Crippen LogP contribution in [-0.2, 0) is 0 Å². The summed E-state index contributed by atoms with van der Waals surface area (Å²) in [4.78, 5) is 27.8. The summed E-state index contributed by atoms with van der Waals surface area (Å²) in [5, 5.41) is 25.5.